The zero-order valence-electron chi connectivity index (χ0n) is 19.5. The minimum atomic E-state index is -0.990. The number of methoxy groups -OCH3 is 2. The lowest BCUT2D eigenvalue weighted by Crippen LogP contribution is -2.32. The lowest BCUT2D eigenvalue weighted by Gasteiger charge is -2.26. The van der Waals surface area contributed by atoms with Crippen molar-refractivity contribution >= 4 is 5.97 Å². The molecule has 3 aromatic rings. The second-order valence-corrected chi connectivity index (χ2v) is 8.67. The van der Waals surface area contributed by atoms with Gasteiger partial charge >= 0.3 is 5.97 Å². The molecular formula is C25H31N3O4. The molecule has 0 radical (unpaired) electrons. The summed E-state index contributed by atoms with van der Waals surface area (Å²) in [5.41, 5.74) is 2.60. The van der Waals surface area contributed by atoms with Gasteiger partial charge in [0, 0.05) is 27.1 Å². The van der Waals surface area contributed by atoms with Crippen LogP contribution < -0.4 is 0 Å². The van der Waals surface area contributed by atoms with Crippen LogP contribution in [0.1, 0.15) is 61.7 Å². The Morgan fingerprint density at radius 2 is 1.66 bits per heavy atom. The van der Waals surface area contributed by atoms with Crippen molar-refractivity contribution in [3.63, 3.8) is 0 Å². The molecular weight excluding hydrogens is 406 g/mol. The molecule has 170 valence electrons. The second-order valence-electron chi connectivity index (χ2n) is 8.67. The van der Waals surface area contributed by atoms with Crippen LogP contribution in [0.15, 0.2) is 48.5 Å². The molecule has 0 aliphatic carbocycles. The van der Waals surface area contributed by atoms with Gasteiger partial charge in [0.1, 0.15) is 5.82 Å². The van der Waals surface area contributed by atoms with E-state index >= 15 is 0 Å². The Kier molecular flexibility index (Phi) is 6.81. The third-order valence-corrected chi connectivity index (χ3v) is 5.56. The number of aromatic carboxylic acids is 1. The fraction of sp³-hybridized carbons (Fsp3) is 0.400. The maximum atomic E-state index is 11.6. The van der Waals surface area contributed by atoms with Crippen molar-refractivity contribution in [3.8, 4) is 11.1 Å². The predicted octanol–water partition coefficient (Wildman–Crippen LogP) is 4.84. The highest BCUT2D eigenvalue weighted by Gasteiger charge is 2.37. The Hall–Kier alpha value is -3.03. The first-order chi connectivity index (χ1) is 15.1. The van der Waals surface area contributed by atoms with Crippen LogP contribution in [0.2, 0.25) is 0 Å². The predicted molar refractivity (Wildman–Crippen MR) is 123 cm³/mol. The zero-order valence-corrected chi connectivity index (χ0v) is 19.5. The first-order valence-corrected chi connectivity index (χ1v) is 10.6. The minimum Gasteiger partial charge on any atom is -0.478 e. The quantitative estimate of drug-likeness (QED) is 0.507. The number of carbonyl (C=O) groups is 1. The molecule has 0 spiro atoms. The summed E-state index contributed by atoms with van der Waals surface area (Å²) in [7, 11) is 3.19. The topological polar surface area (TPSA) is 86.5 Å². The van der Waals surface area contributed by atoms with Crippen LogP contribution in [0, 0.1) is 0 Å². The van der Waals surface area contributed by atoms with E-state index in [1.807, 2.05) is 48.0 Å². The minimum absolute atomic E-state index is 0.276. The highest BCUT2D eigenvalue weighted by Crippen LogP contribution is 2.30. The van der Waals surface area contributed by atoms with Gasteiger partial charge in [-0.1, -0.05) is 49.4 Å². The number of hydrogen-bond acceptors (Lipinski definition) is 5. The van der Waals surface area contributed by atoms with Crippen molar-refractivity contribution in [3.05, 3.63) is 71.3 Å². The van der Waals surface area contributed by atoms with E-state index < -0.39 is 11.8 Å². The van der Waals surface area contributed by atoms with E-state index in [4.69, 9.17) is 19.6 Å². The molecule has 2 aromatic carbocycles. The fourth-order valence-corrected chi connectivity index (χ4v) is 3.78. The summed E-state index contributed by atoms with van der Waals surface area (Å²) in [5, 5.41) is 14.2. The van der Waals surface area contributed by atoms with E-state index in [1.54, 1.807) is 26.4 Å². The number of aromatic nitrogens is 3. The number of carboxylic acid groups (broad SMARTS) is 1. The standard InChI is InChI=1S/C25H31N3O4/c1-7-25(31-5,32-6)23-26-21(28(27-23)24(2,3)4)16-17-12-14-18(15-13-17)19-10-8-9-11-20(19)22(29)30/h8-15H,7,16H2,1-6H3,(H,29,30). The lowest BCUT2D eigenvalue weighted by molar-refractivity contribution is -0.222. The molecule has 0 atom stereocenters. The third kappa shape index (κ3) is 4.59. The molecule has 1 aromatic heterocycles. The first-order valence-electron chi connectivity index (χ1n) is 10.6. The highest BCUT2D eigenvalue weighted by atomic mass is 16.7. The number of benzene rings is 2. The van der Waals surface area contributed by atoms with E-state index in [2.05, 4.69) is 20.8 Å². The Bertz CT molecular complexity index is 1070. The van der Waals surface area contributed by atoms with Gasteiger partial charge in [-0.15, -0.1) is 5.10 Å². The maximum absolute atomic E-state index is 11.6. The number of carboxylic acids is 1. The van der Waals surface area contributed by atoms with Crippen LogP contribution in [0.4, 0.5) is 0 Å². The van der Waals surface area contributed by atoms with Crippen LogP contribution in [0.25, 0.3) is 11.1 Å². The van der Waals surface area contributed by atoms with Gasteiger partial charge < -0.3 is 14.6 Å². The smallest absolute Gasteiger partial charge is 0.336 e. The van der Waals surface area contributed by atoms with Gasteiger partial charge in [-0.05, 0) is 43.5 Å². The molecule has 0 amide bonds. The summed E-state index contributed by atoms with van der Waals surface area (Å²) < 4.78 is 13.2. The van der Waals surface area contributed by atoms with Crippen molar-refractivity contribution in [2.45, 2.75) is 51.9 Å². The van der Waals surface area contributed by atoms with Crippen LogP contribution in [0.5, 0.6) is 0 Å². The van der Waals surface area contributed by atoms with Crippen molar-refractivity contribution < 1.29 is 19.4 Å². The highest BCUT2D eigenvalue weighted by molar-refractivity contribution is 5.95. The van der Waals surface area contributed by atoms with Gasteiger partial charge in [0.2, 0.25) is 11.6 Å². The molecule has 0 aliphatic rings. The summed E-state index contributed by atoms with van der Waals surface area (Å²) >= 11 is 0. The molecule has 7 nitrogen and oxygen atoms in total. The van der Waals surface area contributed by atoms with E-state index in [0.29, 0.717) is 24.2 Å². The zero-order chi connectivity index (χ0) is 23.5. The van der Waals surface area contributed by atoms with E-state index in [0.717, 1.165) is 17.0 Å². The van der Waals surface area contributed by atoms with E-state index in [1.165, 1.54) is 0 Å². The lowest BCUT2D eigenvalue weighted by atomic mass is 9.98. The monoisotopic (exact) mass is 437 g/mol. The molecule has 0 aliphatic heterocycles. The summed E-state index contributed by atoms with van der Waals surface area (Å²) in [4.78, 5) is 16.4. The Morgan fingerprint density at radius 3 is 2.19 bits per heavy atom. The largest absolute Gasteiger partial charge is 0.478 e. The number of hydrogen-bond donors (Lipinski definition) is 1. The summed E-state index contributed by atoms with van der Waals surface area (Å²) in [6.45, 7) is 8.20. The molecule has 0 bridgehead atoms. The van der Waals surface area contributed by atoms with Crippen molar-refractivity contribution in [1.29, 1.82) is 0 Å². The molecule has 0 fully saturated rings. The van der Waals surface area contributed by atoms with Crippen LogP contribution in [-0.4, -0.2) is 40.1 Å². The average molecular weight is 438 g/mol. The number of rotatable bonds is 8. The normalized spacial score (nSPS) is 12.2. The van der Waals surface area contributed by atoms with Gasteiger partial charge in [0.15, 0.2) is 0 Å². The van der Waals surface area contributed by atoms with Gasteiger partial charge in [-0.25, -0.2) is 14.5 Å². The van der Waals surface area contributed by atoms with Crippen LogP contribution >= 0.6 is 0 Å². The molecule has 0 saturated carbocycles. The average Bonchev–Trinajstić information content (AvgIpc) is 3.21. The number of nitrogens with zero attached hydrogens (tertiary/aromatic N) is 3. The Labute approximate surface area is 189 Å². The van der Waals surface area contributed by atoms with Gasteiger partial charge in [0.05, 0.1) is 11.1 Å². The fourth-order valence-electron chi connectivity index (χ4n) is 3.78. The van der Waals surface area contributed by atoms with Crippen LogP contribution in [-0.2, 0) is 27.2 Å². The SMILES string of the molecule is CCC(OC)(OC)c1nc(Cc2ccc(-c3ccccc3C(=O)O)cc2)n(C(C)(C)C)n1. The number of ether oxygens (including phenoxy) is 2. The molecule has 3 rings (SSSR count). The summed E-state index contributed by atoms with van der Waals surface area (Å²) in [6.07, 6.45) is 1.14. The molecule has 1 N–H and O–H groups in total. The molecule has 0 unspecified atom stereocenters. The first kappa shape index (κ1) is 23.6. The molecule has 32 heavy (non-hydrogen) atoms. The van der Waals surface area contributed by atoms with Gasteiger partial charge in [-0.2, -0.15) is 0 Å². The van der Waals surface area contributed by atoms with Gasteiger partial charge in [-0.3, -0.25) is 0 Å². The summed E-state index contributed by atoms with van der Waals surface area (Å²) in [5.74, 6) is -0.624. The molecule has 1 heterocycles. The molecule has 0 saturated heterocycles. The van der Waals surface area contributed by atoms with Crippen molar-refractivity contribution in [2.24, 2.45) is 0 Å². The van der Waals surface area contributed by atoms with E-state index in [9.17, 15) is 9.90 Å². The summed E-state index contributed by atoms with van der Waals surface area (Å²) in [6, 6.07) is 14.9. The Morgan fingerprint density at radius 1 is 1.03 bits per heavy atom. The Balaban J connectivity index is 1.96. The van der Waals surface area contributed by atoms with Crippen molar-refractivity contribution in [2.75, 3.05) is 14.2 Å². The second kappa shape index (κ2) is 9.22. The van der Waals surface area contributed by atoms with E-state index in [-0.39, 0.29) is 11.1 Å². The molecule has 7 heteroatoms. The third-order valence-electron chi connectivity index (χ3n) is 5.56. The van der Waals surface area contributed by atoms with Gasteiger partial charge in [0.25, 0.3) is 0 Å². The van der Waals surface area contributed by atoms with Crippen molar-refractivity contribution in [1.82, 2.24) is 14.8 Å². The maximum Gasteiger partial charge on any atom is 0.336 e. The van der Waals surface area contributed by atoms with Crippen LogP contribution in [0.3, 0.4) is 0 Å².